The zero-order chi connectivity index (χ0) is 15.0. The van der Waals surface area contributed by atoms with E-state index in [0.29, 0.717) is 25.6 Å². The predicted molar refractivity (Wildman–Crippen MR) is 76.0 cm³/mol. The lowest BCUT2D eigenvalue weighted by Crippen LogP contribution is -2.53. The van der Waals surface area contributed by atoms with Gasteiger partial charge in [0.25, 0.3) is 0 Å². The highest BCUT2D eigenvalue weighted by atomic mass is 16.5. The van der Waals surface area contributed by atoms with E-state index in [4.69, 9.17) is 4.74 Å². The van der Waals surface area contributed by atoms with Crippen LogP contribution in [0, 0.1) is 5.92 Å². The Morgan fingerprint density at radius 2 is 2.00 bits per heavy atom. The van der Waals surface area contributed by atoms with Crippen LogP contribution in [0.5, 0.6) is 0 Å². The lowest BCUT2D eigenvalue weighted by molar-refractivity contribution is -0.141. The standard InChI is InChI=1S/C15H24N2O4/c1-16(11-6-7-21-9-11)15(20)17-12-5-3-2-4-10(12)8-13(17)14(18)19/h10-13H,2-9H2,1H3,(H,18,19). The number of hydrogen-bond donors (Lipinski definition) is 1. The number of rotatable bonds is 2. The van der Waals surface area contributed by atoms with Crippen LogP contribution in [0.1, 0.15) is 38.5 Å². The molecule has 0 aromatic heterocycles. The average Bonchev–Trinajstić information content (AvgIpc) is 3.12. The zero-order valence-electron chi connectivity index (χ0n) is 12.5. The summed E-state index contributed by atoms with van der Waals surface area (Å²) in [6.07, 6.45) is 5.68. The molecule has 6 nitrogen and oxygen atoms in total. The molecule has 0 aromatic carbocycles. The van der Waals surface area contributed by atoms with Crippen molar-refractivity contribution < 1.29 is 19.4 Å². The first-order chi connectivity index (χ1) is 10.1. The molecule has 118 valence electrons. The molecule has 1 N–H and O–H groups in total. The Bertz CT molecular complexity index is 422. The molecule has 2 heterocycles. The number of fused-ring (bicyclic) bond motifs is 1. The fourth-order valence-corrected chi connectivity index (χ4v) is 4.12. The van der Waals surface area contributed by atoms with Crippen LogP contribution in [-0.4, -0.2) is 65.3 Å². The quantitative estimate of drug-likeness (QED) is 0.839. The van der Waals surface area contributed by atoms with Crippen molar-refractivity contribution in [3.05, 3.63) is 0 Å². The number of nitrogens with zero attached hydrogens (tertiary/aromatic N) is 2. The van der Waals surface area contributed by atoms with E-state index < -0.39 is 12.0 Å². The molecule has 0 bridgehead atoms. The Morgan fingerprint density at radius 3 is 2.67 bits per heavy atom. The molecule has 3 aliphatic rings. The molecule has 3 rings (SSSR count). The van der Waals surface area contributed by atoms with Gasteiger partial charge in [0.15, 0.2) is 0 Å². The maximum Gasteiger partial charge on any atom is 0.326 e. The van der Waals surface area contributed by atoms with Crippen molar-refractivity contribution in [3.8, 4) is 0 Å². The van der Waals surface area contributed by atoms with Gasteiger partial charge in [0, 0.05) is 19.7 Å². The van der Waals surface area contributed by atoms with Crippen LogP contribution < -0.4 is 0 Å². The number of urea groups is 1. The molecule has 3 fully saturated rings. The van der Waals surface area contributed by atoms with Crippen molar-refractivity contribution >= 4 is 12.0 Å². The summed E-state index contributed by atoms with van der Waals surface area (Å²) in [6.45, 7) is 1.23. The number of carboxylic acid groups (broad SMARTS) is 1. The number of hydrogen-bond acceptors (Lipinski definition) is 3. The normalized spacial score (nSPS) is 35.6. The smallest absolute Gasteiger partial charge is 0.326 e. The predicted octanol–water partition coefficient (Wildman–Crippen LogP) is 1.54. The molecular formula is C15H24N2O4. The molecule has 4 atom stereocenters. The summed E-state index contributed by atoms with van der Waals surface area (Å²) in [5, 5.41) is 9.49. The van der Waals surface area contributed by atoms with Crippen LogP contribution in [-0.2, 0) is 9.53 Å². The number of ether oxygens (including phenoxy) is 1. The number of likely N-dealkylation sites (tertiary alicyclic amines) is 1. The maximum absolute atomic E-state index is 12.8. The summed E-state index contributed by atoms with van der Waals surface area (Å²) in [5.74, 6) is -0.508. The van der Waals surface area contributed by atoms with Crippen LogP contribution in [0.15, 0.2) is 0 Å². The van der Waals surface area contributed by atoms with Gasteiger partial charge in [-0.1, -0.05) is 12.8 Å². The fraction of sp³-hybridized carbons (Fsp3) is 0.867. The molecule has 2 saturated heterocycles. The van der Waals surface area contributed by atoms with Gasteiger partial charge in [-0.3, -0.25) is 0 Å². The molecule has 0 radical (unpaired) electrons. The van der Waals surface area contributed by atoms with Gasteiger partial charge in [-0.2, -0.15) is 0 Å². The lowest BCUT2D eigenvalue weighted by atomic mass is 9.85. The fourth-order valence-electron chi connectivity index (χ4n) is 4.12. The topological polar surface area (TPSA) is 70.1 Å². The molecule has 0 aromatic rings. The largest absolute Gasteiger partial charge is 0.480 e. The molecule has 0 spiro atoms. The summed E-state index contributed by atoms with van der Waals surface area (Å²) in [7, 11) is 1.77. The minimum atomic E-state index is -0.867. The highest BCUT2D eigenvalue weighted by Gasteiger charge is 2.48. The van der Waals surface area contributed by atoms with Crippen LogP contribution >= 0.6 is 0 Å². The van der Waals surface area contributed by atoms with Crippen LogP contribution in [0.4, 0.5) is 4.79 Å². The van der Waals surface area contributed by atoms with E-state index in [-0.39, 0.29) is 18.1 Å². The third-order valence-electron chi connectivity index (χ3n) is 5.35. The summed E-state index contributed by atoms with van der Waals surface area (Å²) in [4.78, 5) is 27.8. The second-order valence-corrected chi connectivity index (χ2v) is 6.52. The van der Waals surface area contributed by atoms with E-state index in [1.165, 1.54) is 0 Å². The van der Waals surface area contributed by atoms with E-state index in [0.717, 1.165) is 32.1 Å². The molecule has 6 heteroatoms. The van der Waals surface area contributed by atoms with E-state index in [9.17, 15) is 14.7 Å². The Balaban J connectivity index is 1.78. The second kappa shape index (κ2) is 5.83. The van der Waals surface area contributed by atoms with Gasteiger partial charge in [-0.25, -0.2) is 9.59 Å². The summed E-state index contributed by atoms with van der Waals surface area (Å²) in [5.41, 5.74) is 0. The first-order valence-corrected chi connectivity index (χ1v) is 7.95. The van der Waals surface area contributed by atoms with Crippen molar-refractivity contribution in [1.29, 1.82) is 0 Å². The van der Waals surface area contributed by atoms with Crippen LogP contribution in [0.2, 0.25) is 0 Å². The van der Waals surface area contributed by atoms with E-state index in [1.807, 2.05) is 0 Å². The SMILES string of the molecule is CN(C(=O)N1C(C(=O)O)CC2CCCCC21)C1CCOC1. The number of carbonyl (C=O) groups excluding carboxylic acids is 1. The van der Waals surface area contributed by atoms with Crippen molar-refractivity contribution in [3.63, 3.8) is 0 Å². The zero-order valence-corrected chi connectivity index (χ0v) is 12.5. The van der Waals surface area contributed by atoms with Gasteiger partial charge in [0.2, 0.25) is 0 Å². The average molecular weight is 296 g/mol. The van der Waals surface area contributed by atoms with Gasteiger partial charge in [0.1, 0.15) is 6.04 Å². The monoisotopic (exact) mass is 296 g/mol. The minimum Gasteiger partial charge on any atom is -0.480 e. The Labute approximate surface area is 125 Å². The van der Waals surface area contributed by atoms with E-state index >= 15 is 0 Å². The lowest BCUT2D eigenvalue weighted by Gasteiger charge is -2.37. The third-order valence-corrected chi connectivity index (χ3v) is 5.35. The first kappa shape index (κ1) is 14.6. The summed E-state index contributed by atoms with van der Waals surface area (Å²) >= 11 is 0. The highest BCUT2D eigenvalue weighted by Crippen LogP contribution is 2.40. The number of carbonyl (C=O) groups is 2. The number of amides is 2. The van der Waals surface area contributed by atoms with Crippen LogP contribution in [0.25, 0.3) is 0 Å². The number of likely N-dealkylation sites (N-methyl/N-ethyl adjacent to an activating group) is 1. The molecule has 1 aliphatic carbocycles. The van der Waals surface area contributed by atoms with Crippen molar-refractivity contribution in [2.45, 2.75) is 56.7 Å². The Hall–Kier alpha value is -1.30. The summed E-state index contributed by atoms with van der Waals surface area (Å²) < 4.78 is 5.34. The minimum absolute atomic E-state index is 0.0783. The summed E-state index contributed by atoms with van der Waals surface area (Å²) in [6, 6.07) is -0.602. The van der Waals surface area contributed by atoms with Gasteiger partial charge >= 0.3 is 12.0 Å². The number of carboxylic acids is 1. The highest BCUT2D eigenvalue weighted by molar-refractivity contribution is 5.84. The molecule has 4 unspecified atom stereocenters. The second-order valence-electron chi connectivity index (χ2n) is 6.52. The Kier molecular flexibility index (Phi) is 4.06. The van der Waals surface area contributed by atoms with Crippen molar-refractivity contribution in [1.82, 2.24) is 9.80 Å². The first-order valence-electron chi connectivity index (χ1n) is 7.95. The van der Waals surface area contributed by atoms with Crippen molar-refractivity contribution in [2.24, 2.45) is 5.92 Å². The number of aliphatic carboxylic acids is 1. The molecule has 21 heavy (non-hydrogen) atoms. The van der Waals surface area contributed by atoms with E-state index in [1.54, 1.807) is 16.8 Å². The Morgan fingerprint density at radius 1 is 1.24 bits per heavy atom. The molecule has 2 aliphatic heterocycles. The maximum atomic E-state index is 12.8. The van der Waals surface area contributed by atoms with Gasteiger partial charge < -0.3 is 19.6 Å². The van der Waals surface area contributed by atoms with Gasteiger partial charge in [-0.05, 0) is 31.6 Å². The van der Waals surface area contributed by atoms with Gasteiger partial charge in [-0.15, -0.1) is 0 Å². The molecule has 2 amide bonds. The van der Waals surface area contributed by atoms with Crippen molar-refractivity contribution in [2.75, 3.05) is 20.3 Å². The molecular weight excluding hydrogens is 272 g/mol. The molecule has 1 saturated carbocycles. The van der Waals surface area contributed by atoms with Crippen LogP contribution in [0.3, 0.4) is 0 Å². The van der Waals surface area contributed by atoms with Gasteiger partial charge in [0.05, 0.1) is 12.6 Å². The van der Waals surface area contributed by atoms with E-state index in [2.05, 4.69) is 0 Å². The third kappa shape index (κ3) is 2.61.